The minimum absolute atomic E-state index is 0.202. The van der Waals surface area contributed by atoms with Crippen LogP contribution in [-0.4, -0.2) is 27.0 Å². The summed E-state index contributed by atoms with van der Waals surface area (Å²) in [6.45, 7) is 6.03. The first-order valence-corrected chi connectivity index (χ1v) is 8.80. The molecule has 23 heavy (non-hydrogen) atoms. The molecule has 0 amide bonds. The van der Waals surface area contributed by atoms with Crippen LogP contribution in [0.15, 0.2) is 48.5 Å². The van der Waals surface area contributed by atoms with Gasteiger partial charge in [0.15, 0.2) is 0 Å². The molecule has 0 aliphatic carbocycles. The Bertz CT molecular complexity index is 661. The second-order valence-corrected chi connectivity index (χ2v) is 7.32. The number of hydrazine groups is 2. The van der Waals surface area contributed by atoms with Gasteiger partial charge in [0, 0.05) is 36.5 Å². The van der Waals surface area contributed by atoms with Gasteiger partial charge in [0.25, 0.3) is 0 Å². The summed E-state index contributed by atoms with van der Waals surface area (Å²) >= 11 is 2.40. The molecule has 0 radical (unpaired) electrons. The van der Waals surface area contributed by atoms with Gasteiger partial charge >= 0.3 is 0 Å². The van der Waals surface area contributed by atoms with E-state index < -0.39 is 0 Å². The van der Waals surface area contributed by atoms with Crippen molar-refractivity contribution in [3.05, 3.63) is 70.8 Å². The summed E-state index contributed by atoms with van der Waals surface area (Å²) in [5.41, 5.74) is 8.86. The molecule has 1 atom stereocenters. The van der Waals surface area contributed by atoms with E-state index in [-0.39, 0.29) is 6.17 Å². The zero-order valence-corrected chi connectivity index (χ0v) is 16.0. The fourth-order valence-corrected chi connectivity index (χ4v) is 3.87. The maximum absolute atomic E-state index is 3.59. The lowest BCUT2D eigenvalue weighted by Crippen LogP contribution is -2.45. The monoisotopic (exact) mass is 422 g/mol. The van der Waals surface area contributed by atoms with Crippen LogP contribution in [0.5, 0.6) is 0 Å². The predicted octanol–water partition coefficient (Wildman–Crippen LogP) is 3.78. The molecule has 4 nitrogen and oxygen atoms in total. The lowest BCUT2D eigenvalue weighted by molar-refractivity contribution is -0.0393. The maximum Gasteiger partial charge on any atom is 0.127 e. The Morgan fingerprint density at radius 2 is 1.83 bits per heavy atom. The van der Waals surface area contributed by atoms with E-state index in [9.17, 15) is 0 Å². The molecule has 1 fully saturated rings. The van der Waals surface area contributed by atoms with Crippen molar-refractivity contribution < 1.29 is 0 Å². The van der Waals surface area contributed by atoms with Crippen molar-refractivity contribution >= 4 is 22.9 Å². The van der Waals surface area contributed by atoms with Crippen LogP contribution in [-0.2, 0) is 6.54 Å². The van der Waals surface area contributed by atoms with E-state index in [1.807, 2.05) is 0 Å². The summed E-state index contributed by atoms with van der Waals surface area (Å²) in [5.74, 6) is 0. The molecule has 0 saturated carbocycles. The first kappa shape index (κ1) is 16.9. The second-order valence-electron chi connectivity index (χ2n) is 6.08. The van der Waals surface area contributed by atoms with Gasteiger partial charge in [-0.2, -0.15) is 5.12 Å². The summed E-state index contributed by atoms with van der Waals surface area (Å²) < 4.78 is 2.31. The van der Waals surface area contributed by atoms with Gasteiger partial charge < -0.3 is 0 Å². The molecule has 1 N–H and O–H groups in total. The molecule has 1 saturated heterocycles. The third-order valence-electron chi connectivity index (χ3n) is 4.32. The van der Waals surface area contributed by atoms with Gasteiger partial charge in [-0.1, -0.05) is 48.5 Å². The van der Waals surface area contributed by atoms with Crippen LogP contribution in [0.2, 0.25) is 0 Å². The number of hydrogen-bond donors (Lipinski definition) is 1. The smallest absolute Gasteiger partial charge is 0.127 e. The van der Waals surface area contributed by atoms with E-state index in [1.165, 1.54) is 22.3 Å². The van der Waals surface area contributed by atoms with Crippen molar-refractivity contribution in [1.29, 1.82) is 0 Å². The summed E-state index contributed by atoms with van der Waals surface area (Å²) in [5, 5.41) is 4.43. The number of halogens is 1. The average molecular weight is 422 g/mol. The molecule has 2 aromatic carbocycles. The van der Waals surface area contributed by atoms with E-state index in [2.05, 4.69) is 111 Å². The Morgan fingerprint density at radius 3 is 2.52 bits per heavy atom. The van der Waals surface area contributed by atoms with Crippen molar-refractivity contribution in [2.45, 2.75) is 26.6 Å². The minimum Gasteiger partial charge on any atom is -0.235 e. The normalized spacial score (nSPS) is 20.3. The average Bonchev–Trinajstić information content (AvgIpc) is 2.83. The SMILES string of the molecule is Cc1ccc(CNN2[C@H](c3ccccc3)N(I)CN2C)cc1C. The van der Waals surface area contributed by atoms with E-state index in [0.29, 0.717) is 0 Å². The molecular formula is C18H23IN4. The zero-order chi connectivity index (χ0) is 16.4. The highest BCUT2D eigenvalue weighted by Gasteiger charge is 2.35. The molecule has 1 aliphatic rings. The molecule has 5 heteroatoms. The Hall–Kier alpha value is -0.990. The van der Waals surface area contributed by atoms with E-state index >= 15 is 0 Å². The van der Waals surface area contributed by atoms with Gasteiger partial charge in [0.05, 0.1) is 6.67 Å². The van der Waals surface area contributed by atoms with Crippen LogP contribution in [0, 0.1) is 13.8 Å². The molecule has 0 aromatic heterocycles. The van der Waals surface area contributed by atoms with E-state index in [4.69, 9.17) is 0 Å². The van der Waals surface area contributed by atoms with Gasteiger partial charge in [-0.25, -0.2) is 13.5 Å². The molecule has 0 bridgehead atoms. The molecular weight excluding hydrogens is 399 g/mol. The predicted molar refractivity (Wildman–Crippen MR) is 102 cm³/mol. The maximum atomic E-state index is 3.59. The minimum atomic E-state index is 0.202. The molecule has 3 rings (SSSR count). The zero-order valence-electron chi connectivity index (χ0n) is 13.8. The van der Waals surface area contributed by atoms with Crippen LogP contribution in [0.25, 0.3) is 0 Å². The Labute approximate surface area is 152 Å². The van der Waals surface area contributed by atoms with Gasteiger partial charge in [0.1, 0.15) is 6.17 Å². The first-order valence-electron chi connectivity index (χ1n) is 7.83. The van der Waals surface area contributed by atoms with Gasteiger partial charge in [-0.05, 0) is 36.1 Å². The number of aryl methyl sites for hydroxylation is 2. The van der Waals surface area contributed by atoms with Gasteiger partial charge in [-0.3, -0.25) is 0 Å². The third-order valence-corrected chi connectivity index (χ3v) is 5.15. The van der Waals surface area contributed by atoms with Crippen LogP contribution in [0.1, 0.15) is 28.4 Å². The van der Waals surface area contributed by atoms with Gasteiger partial charge in [-0.15, -0.1) is 0 Å². The van der Waals surface area contributed by atoms with E-state index in [1.54, 1.807) is 0 Å². The van der Waals surface area contributed by atoms with Crippen molar-refractivity contribution in [2.75, 3.05) is 13.7 Å². The van der Waals surface area contributed by atoms with Gasteiger partial charge in [0.2, 0.25) is 0 Å². The Morgan fingerprint density at radius 1 is 1.09 bits per heavy atom. The molecule has 0 spiro atoms. The van der Waals surface area contributed by atoms with Crippen LogP contribution >= 0.6 is 22.9 Å². The lowest BCUT2D eigenvalue weighted by atomic mass is 10.1. The largest absolute Gasteiger partial charge is 0.235 e. The fourth-order valence-electron chi connectivity index (χ4n) is 2.87. The van der Waals surface area contributed by atoms with Crippen molar-refractivity contribution in [1.82, 2.24) is 18.7 Å². The number of rotatable bonds is 4. The van der Waals surface area contributed by atoms with E-state index in [0.717, 1.165) is 13.2 Å². The number of nitrogens with one attached hydrogen (secondary N) is 1. The molecule has 1 heterocycles. The summed E-state index contributed by atoms with van der Waals surface area (Å²) in [6.07, 6.45) is 0.202. The fraction of sp³-hybridized carbons (Fsp3) is 0.333. The third kappa shape index (κ3) is 3.75. The molecule has 122 valence electrons. The highest BCUT2D eigenvalue weighted by molar-refractivity contribution is 14.1. The van der Waals surface area contributed by atoms with Crippen LogP contribution < -0.4 is 5.43 Å². The number of nitrogens with zero attached hydrogens (tertiary/aromatic N) is 3. The molecule has 2 aromatic rings. The molecule has 1 aliphatic heterocycles. The van der Waals surface area contributed by atoms with Crippen LogP contribution in [0.3, 0.4) is 0 Å². The summed E-state index contributed by atoms with van der Waals surface area (Å²) in [7, 11) is 2.11. The number of hydrogen-bond acceptors (Lipinski definition) is 4. The molecule has 0 unspecified atom stereocenters. The topological polar surface area (TPSA) is 21.8 Å². The Kier molecular flexibility index (Phi) is 5.33. The van der Waals surface area contributed by atoms with Crippen LogP contribution in [0.4, 0.5) is 0 Å². The Balaban J connectivity index is 1.75. The summed E-state index contributed by atoms with van der Waals surface area (Å²) in [6, 6.07) is 17.3. The quantitative estimate of drug-likeness (QED) is 0.598. The highest BCUT2D eigenvalue weighted by Crippen LogP contribution is 2.33. The van der Waals surface area contributed by atoms with Crippen molar-refractivity contribution in [3.8, 4) is 0 Å². The number of benzene rings is 2. The first-order chi connectivity index (χ1) is 11.1. The highest BCUT2D eigenvalue weighted by atomic mass is 127. The van der Waals surface area contributed by atoms with Crippen molar-refractivity contribution in [3.63, 3.8) is 0 Å². The standard InChI is InChI=1S/C18H23IN4/c1-14-9-10-16(11-15(14)2)12-20-23-18(22(19)13-21(23)3)17-7-5-4-6-8-17/h4-11,18,20H,12-13H2,1-3H3/t18-/m1/s1. The summed E-state index contributed by atoms with van der Waals surface area (Å²) in [4.78, 5) is 0. The lowest BCUT2D eigenvalue weighted by Gasteiger charge is -2.30. The van der Waals surface area contributed by atoms with Crippen molar-refractivity contribution in [2.24, 2.45) is 0 Å². The second kappa shape index (κ2) is 7.27.